The van der Waals surface area contributed by atoms with Crippen LogP contribution in [-0.2, 0) is 4.79 Å². The monoisotopic (exact) mass is 292 g/mol. The Morgan fingerprint density at radius 3 is 2.24 bits per heavy atom. The number of nitrogens with one attached hydrogen (secondary N) is 1. The first-order valence-electron chi connectivity index (χ1n) is 7.08. The third-order valence-electron chi connectivity index (χ3n) is 3.68. The molecule has 0 aliphatic carbocycles. The Balaban J connectivity index is 2.83. The lowest BCUT2D eigenvalue weighted by atomic mass is 10.0. The van der Waals surface area contributed by atoms with E-state index in [9.17, 15) is 14.7 Å². The van der Waals surface area contributed by atoms with Gasteiger partial charge in [-0.2, -0.15) is 0 Å². The number of aryl methyl sites for hydroxylation is 1. The summed E-state index contributed by atoms with van der Waals surface area (Å²) in [5, 5.41) is 12.1. The molecule has 0 bridgehead atoms. The van der Waals surface area contributed by atoms with Crippen LogP contribution >= 0.6 is 0 Å². The molecule has 2 N–H and O–H groups in total. The van der Waals surface area contributed by atoms with Crippen LogP contribution in [0.25, 0.3) is 0 Å². The molecule has 2 amide bonds. The van der Waals surface area contributed by atoms with Gasteiger partial charge in [0.2, 0.25) is 0 Å². The SMILES string of the molecule is CCN(C(=O)NC(C)c1ccc(C)cc1)C(C)(C)C(=O)O. The first-order valence-corrected chi connectivity index (χ1v) is 7.08. The highest BCUT2D eigenvalue weighted by Crippen LogP contribution is 2.18. The topological polar surface area (TPSA) is 69.6 Å². The van der Waals surface area contributed by atoms with Crippen molar-refractivity contribution < 1.29 is 14.7 Å². The fourth-order valence-electron chi connectivity index (χ4n) is 2.11. The van der Waals surface area contributed by atoms with E-state index in [4.69, 9.17) is 0 Å². The molecular formula is C16H24N2O3. The van der Waals surface area contributed by atoms with E-state index in [2.05, 4.69) is 5.32 Å². The summed E-state index contributed by atoms with van der Waals surface area (Å²) in [4.78, 5) is 24.9. The number of amides is 2. The Kier molecular flexibility index (Phi) is 5.35. The minimum absolute atomic E-state index is 0.184. The molecule has 0 saturated carbocycles. The Morgan fingerprint density at radius 2 is 1.81 bits per heavy atom. The normalized spacial score (nSPS) is 12.6. The molecule has 21 heavy (non-hydrogen) atoms. The van der Waals surface area contributed by atoms with Gasteiger partial charge in [0.15, 0.2) is 0 Å². The number of rotatable bonds is 5. The summed E-state index contributed by atoms with van der Waals surface area (Å²) in [5.74, 6) is -1.03. The van der Waals surface area contributed by atoms with Crippen LogP contribution in [-0.4, -0.2) is 34.1 Å². The smallest absolute Gasteiger partial charge is 0.329 e. The zero-order valence-corrected chi connectivity index (χ0v) is 13.3. The van der Waals surface area contributed by atoms with Gasteiger partial charge >= 0.3 is 12.0 Å². The molecule has 0 radical (unpaired) electrons. The highest BCUT2D eigenvalue weighted by Gasteiger charge is 2.37. The lowest BCUT2D eigenvalue weighted by Gasteiger charge is -2.35. The number of nitrogens with zero attached hydrogens (tertiary/aromatic N) is 1. The summed E-state index contributed by atoms with van der Waals surface area (Å²) in [7, 11) is 0. The lowest BCUT2D eigenvalue weighted by molar-refractivity contribution is -0.147. The van der Waals surface area contributed by atoms with Crippen molar-refractivity contribution in [3.63, 3.8) is 0 Å². The maximum atomic E-state index is 12.3. The Morgan fingerprint density at radius 1 is 1.29 bits per heavy atom. The van der Waals surface area contributed by atoms with Crippen molar-refractivity contribution in [1.82, 2.24) is 10.2 Å². The number of likely N-dealkylation sites (N-methyl/N-ethyl adjacent to an activating group) is 1. The van der Waals surface area contributed by atoms with Gasteiger partial charge < -0.3 is 15.3 Å². The van der Waals surface area contributed by atoms with Crippen molar-refractivity contribution in [3.8, 4) is 0 Å². The predicted molar refractivity (Wildman–Crippen MR) is 82.2 cm³/mol. The van der Waals surface area contributed by atoms with E-state index in [1.807, 2.05) is 38.1 Å². The van der Waals surface area contributed by atoms with Gasteiger partial charge in [-0.05, 0) is 40.2 Å². The summed E-state index contributed by atoms with van der Waals surface area (Å²) in [5.41, 5.74) is 0.892. The zero-order chi connectivity index (χ0) is 16.2. The average Bonchev–Trinajstić information content (AvgIpc) is 2.39. The fourth-order valence-corrected chi connectivity index (χ4v) is 2.11. The Labute approximate surface area is 126 Å². The van der Waals surface area contributed by atoms with Crippen molar-refractivity contribution in [1.29, 1.82) is 0 Å². The van der Waals surface area contributed by atoms with Gasteiger partial charge in [-0.25, -0.2) is 9.59 Å². The van der Waals surface area contributed by atoms with Crippen LogP contribution in [0.4, 0.5) is 4.79 Å². The van der Waals surface area contributed by atoms with E-state index in [-0.39, 0.29) is 12.1 Å². The van der Waals surface area contributed by atoms with E-state index < -0.39 is 11.5 Å². The van der Waals surface area contributed by atoms with Gasteiger partial charge in [0.25, 0.3) is 0 Å². The maximum absolute atomic E-state index is 12.3. The molecule has 0 aliphatic rings. The minimum atomic E-state index is -1.24. The van der Waals surface area contributed by atoms with Gasteiger partial charge in [-0.3, -0.25) is 0 Å². The highest BCUT2D eigenvalue weighted by atomic mass is 16.4. The quantitative estimate of drug-likeness (QED) is 0.876. The first kappa shape index (κ1) is 17.0. The molecule has 0 fully saturated rings. The fraction of sp³-hybridized carbons (Fsp3) is 0.500. The number of carbonyl (C=O) groups excluding carboxylic acids is 1. The average molecular weight is 292 g/mol. The molecular weight excluding hydrogens is 268 g/mol. The van der Waals surface area contributed by atoms with E-state index in [0.717, 1.165) is 11.1 Å². The van der Waals surface area contributed by atoms with Crippen LogP contribution in [0.3, 0.4) is 0 Å². The Bertz CT molecular complexity index is 509. The minimum Gasteiger partial charge on any atom is -0.480 e. The first-order chi connectivity index (χ1) is 9.70. The van der Waals surface area contributed by atoms with Crippen LogP contribution in [0.5, 0.6) is 0 Å². The molecule has 0 aromatic heterocycles. The van der Waals surface area contributed by atoms with Crippen LogP contribution in [0.15, 0.2) is 24.3 Å². The number of benzene rings is 1. The Hall–Kier alpha value is -2.04. The van der Waals surface area contributed by atoms with E-state index in [1.165, 1.54) is 18.7 Å². The van der Waals surface area contributed by atoms with Gasteiger partial charge in [-0.15, -0.1) is 0 Å². The molecule has 0 aliphatic heterocycles. The van der Waals surface area contributed by atoms with Crippen LogP contribution in [0, 0.1) is 6.92 Å². The van der Waals surface area contributed by atoms with E-state index >= 15 is 0 Å². The molecule has 1 aromatic rings. The summed E-state index contributed by atoms with van der Waals surface area (Å²) in [6.07, 6.45) is 0. The molecule has 1 aromatic carbocycles. The molecule has 0 saturated heterocycles. The van der Waals surface area contributed by atoms with Gasteiger partial charge in [0.05, 0.1) is 6.04 Å². The van der Waals surface area contributed by atoms with Crippen LogP contribution in [0.1, 0.15) is 44.9 Å². The summed E-state index contributed by atoms with van der Waals surface area (Å²) in [6.45, 7) is 9.02. The summed E-state index contributed by atoms with van der Waals surface area (Å²) in [6, 6.07) is 7.32. The van der Waals surface area contributed by atoms with Gasteiger partial charge in [0.1, 0.15) is 5.54 Å². The van der Waals surface area contributed by atoms with Crippen molar-refractivity contribution in [2.24, 2.45) is 0 Å². The van der Waals surface area contributed by atoms with E-state index in [1.54, 1.807) is 6.92 Å². The van der Waals surface area contributed by atoms with Crippen LogP contribution in [0.2, 0.25) is 0 Å². The molecule has 0 heterocycles. The number of hydrogen-bond donors (Lipinski definition) is 2. The third kappa shape index (κ3) is 3.97. The zero-order valence-electron chi connectivity index (χ0n) is 13.3. The second-order valence-electron chi connectivity index (χ2n) is 5.69. The molecule has 5 heteroatoms. The number of hydrogen-bond acceptors (Lipinski definition) is 2. The molecule has 1 rings (SSSR count). The van der Waals surface area contributed by atoms with Gasteiger partial charge in [0, 0.05) is 6.54 Å². The molecule has 1 unspecified atom stereocenters. The molecule has 116 valence electrons. The number of aliphatic carboxylic acids is 1. The lowest BCUT2D eigenvalue weighted by Crippen LogP contribution is -2.56. The predicted octanol–water partition coefficient (Wildman–Crippen LogP) is 2.95. The van der Waals surface area contributed by atoms with Crippen LogP contribution < -0.4 is 5.32 Å². The maximum Gasteiger partial charge on any atom is 0.329 e. The molecule has 5 nitrogen and oxygen atoms in total. The number of carbonyl (C=O) groups is 2. The summed E-state index contributed by atoms with van der Waals surface area (Å²) < 4.78 is 0. The number of urea groups is 1. The highest BCUT2D eigenvalue weighted by molar-refractivity contribution is 5.85. The third-order valence-corrected chi connectivity index (χ3v) is 3.68. The van der Waals surface area contributed by atoms with Crippen molar-refractivity contribution in [2.45, 2.75) is 46.2 Å². The van der Waals surface area contributed by atoms with E-state index in [0.29, 0.717) is 6.54 Å². The largest absolute Gasteiger partial charge is 0.480 e. The van der Waals surface area contributed by atoms with Crippen molar-refractivity contribution in [2.75, 3.05) is 6.54 Å². The summed E-state index contributed by atoms with van der Waals surface area (Å²) >= 11 is 0. The van der Waals surface area contributed by atoms with Crippen molar-refractivity contribution >= 4 is 12.0 Å². The molecule has 0 spiro atoms. The molecule has 1 atom stereocenters. The number of carboxylic acid groups (broad SMARTS) is 1. The van der Waals surface area contributed by atoms with Gasteiger partial charge in [-0.1, -0.05) is 29.8 Å². The van der Waals surface area contributed by atoms with Crippen molar-refractivity contribution in [3.05, 3.63) is 35.4 Å². The second-order valence-corrected chi connectivity index (χ2v) is 5.69. The number of carboxylic acids is 1. The second kappa shape index (κ2) is 6.61. The standard InChI is InChI=1S/C16H24N2O3/c1-6-18(16(4,5)14(19)20)15(21)17-12(3)13-9-7-11(2)8-10-13/h7-10,12H,6H2,1-5H3,(H,17,21)(H,19,20).